The summed E-state index contributed by atoms with van der Waals surface area (Å²) in [5.41, 5.74) is 5.23. The molecule has 1 aromatic rings. The first-order valence-electron chi connectivity index (χ1n) is 4.49. The Hall–Kier alpha value is -2.29. The van der Waals surface area contributed by atoms with E-state index in [1.165, 1.54) is 12.1 Å². The molecule has 0 aliphatic rings. The summed E-state index contributed by atoms with van der Waals surface area (Å²) in [5, 5.41) is 11.2. The average Bonchev–Trinajstić information content (AvgIpc) is 2.25. The van der Waals surface area contributed by atoms with Crippen LogP contribution in [0.15, 0.2) is 18.2 Å². The van der Waals surface area contributed by atoms with Crippen LogP contribution in [0.4, 0.5) is 14.9 Å². The van der Waals surface area contributed by atoms with E-state index in [2.05, 4.69) is 10.1 Å². The fourth-order valence-electron chi connectivity index (χ4n) is 1.07. The number of anilines is 1. The van der Waals surface area contributed by atoms with Gasteiger partial charge in [-0.1, -0.05) is 0 Å². The third-order valence-corrected chi connectivity index (χ3v) is 1.76. The molecule has 0 bridgehead atoms. The van der Waals surface area contributed by atoms with Crippen LogP contribution in [0.5, 0.6) is 0 Å². The lowest BCUT2D eigenvalue weighted by Crippen LogP contribution is -2.18. The van der Waals surface area contributed by atoms with Gasteiger partial charge in [-0.15, -0.1) is 0 Å². The van der Waals surface area contributed by atoms with Crippen molar-refractivity contribution in [3.8, 4) is 6.07 Å². The molecule has 0 heterocycles. The Morgan fingerprint density at radius 3 is 2.94 bits per heavy atom. The number of benzene rings is 1. The van der Waals surface area contributed by atoms with E-state index in [9.17, 15) is 9.18 Å². The van der Waals surface area contributed by atoms with E-state index in [-0.39, 0.29) is 24.4 Å². The summed E-state index contributed by atoms with van der Waals surface area (Å²) in [5.74, 6) is -0.530. The quantitative estimate of drug-likeness (QED) is 0.751. The summed E-state index contributed by atoms with van der Waals surface area (Å²) in [7, 11) is 0. The third-order valence-electron chi connectivity index (χ3n) is 1.76. The van der Waals surface area contributed by atoms with Crippen molar-refractivity contribution in [1.82, 2.24) is 0 Å². The van der Waals surface area contributed by atoms with Crippen molar-refractivity contribution < 1.29 is 13.9 Å². The first-order valence-corrected chi connectivity index (χ1v) is 4.49. The lowest BCUT2D eigenvalue weighted by molar-refractivity contribution is 0.161. The number of rotatable bonds is 4. The number of nitriles is 1. The maximum absolute atomic E-state index is 13.3. The van der Waals surface area contributed by atoms with Crippen molar-refractivity contribution in [2.24, 2.45) is 5.73 Å². The van der Waals surface area contributed by atoms with Gasteiger partial charge in [0.15, 0.2) is 0 Å². The molecule has 1 rings (SSSR count). The molecule has 0 aromatic heterocycles. The van der Waals surface area contributed by atoms with Crippen LogP contribution in [0.1, 0.15) is 5.56 Å². The molecule has 0 saturated heterocycles. The first kappa shape index (κ1) is 11.8. The molecule has 0 fully saturated rings. The van der Waals surface area contributed by atoms with Crippen molar-refractivity contribution in [2.75, 3.05) is 18.5 Å². The molecule has 0 aliphatic carbocycles. The zero-order valence-corrected chi connectivity index (χ0v) is 8.37. The predicted molar refractivity (Wildman–Crippen MR) is 55.1 cm³/mol. The molecule has 6 heteroatoms. The first-order chi connectivity index (χ1) is 7.63. The Balaban J connectivity index is 2.49. The number of nitrogens with two attached hydrogens (primary N) is 1. The van der Waals surface area contributed by atoms with Crippen LogP contribution < -0.4 is 11.1 Å². The van der Waals surface area contributed by atoms with Gasteiger partial charge in [0.25, 0.3) is 0 Å². The summed E-state index contributed by atoms with van der Waals surface area (Å²) in [6, 6.07) is 5.87. The second-order valence-corrected chi connectivity index (χ2v) is 2.90. The van der Waals surface area contributed by atoms with Crippen LogP contribution in [-0.4, -0.2) is 19.2 Å². The van der Waals surface area contributed by atoms with Crippen LogP contribution in [0.3, 0.4) is 0 Å². The highest BCUT2D eigenvalue weighted by atomic mass is 19.1. The molecule has 0 radical (unpaired) electrons. The van der Waals surface area contributed by atoms with Gasteiger partial charge in [-0.2, -0.15) is 5.26 Å². The zero-order chi connectivity index (χ0) is 12.0. The Morgan fingerprint density at radius 2 is 2.38 bits per heavy atom. The van der Waals surface area contributed by atoms with Gasteiger partial charge in [0.1, 0.15) is 12.4 Å². The number of hydrogen-bond acceptors (Lipinski definition) is 4. The van der Waals surface area contributed by atoms with Crippen molar-refractivity contribution in [1.29, 1.82) is 5.26 Å². The highest BCUT2D eigenvalue weighted by Crippen LogP contribution is 2.14. The molecule has 1 aromatic carbocycles. The maximum Gasteiger partial charge on any atom is 0.404 e. The van der Waals surface area contributed by atoms with Gasteiger partial charge in [-0.05, 0) is 18.2 Å². The van der Waals surface area contributed by atoms with Crippen molar-refractivity contribution in [2.45, 2.75) is 0 Å². The number of carbonyl (C=O) groups excluding carboxylic acids is 1. The Labute approximate surface area is 91.6 Å². The lowest BCUT2D eigenvalue weighted by atomic mass is 10.2. The Kier molecular flexibility index (Phi) is 4.09. The number of ether oxygens (including phenoxy) is 1. The van der Waals surface area contributed by atoms with E-state index in [1.54, 1.807) is 0 Å². The van der Waals surface area contributed by atoms with E-state index in [4.69, 9.17) is 11.0 Å². The second-order valence-electron chi connectivity index (χ2n) is 2.90. The molecule has 16 heavy (non-hydrogen) atoms. The standard InChI is InChI=1S/C10H10FN3O2/c11-8-5-7(6-12)1-2-9(8)14-3-4-16-10(13)15/h1-2,5,14H,3-4H2,(H2,13,15). The Bertz CT molecular complexity index is 429. The molecule has 1 amide bonds. The molecule has 0 spiro atoms. The monoisotopic (exact) mass is 223 g/mol. The number of nitrogens with one attached hydrogen (secondary N) is 1. The molecular weight excluding hydrogens is 213 g/mol. The van der Waals surface area contributed by atoms with Gasteiger partial charge >= 0.3 is 6.09 Å². The minimum Gasteiger partial charge on any atom is -0.448 e. The van der Waals surface area contributed by atoms with Gasteiger partial charge in [-0.25, -0.2) is 9.18 Å². The summed E-state index contributed by atoms with van der Waals surface area (Å²) in [6.07, 6.45) is -0.873. The second kappa shape index (κ2) is 5.56. The molecule has 5 nitrogen and oxygen atoms in total. The summed E-state index contributed by atoms with van der Waals surface area (Å²) in [6.45, 7) is 0.292. The van der Waals surface area contributed by atoms with Crippen LogP contribution in [0.25, 0.3) is 0 Å². The summed E-state index contributed by atoms with van der Waals surface area (Å²) >= 11 is 0. The van der Waals surface area contributed by atoms with E-state index in [0.717, 1.165) is 6.07 Å². The third kappa shape index (κ3) is 3.46. The average molecular weight is 223 g/mol. The number of amides is 1. The van der Waals surface area contributed by atoms with Crippen LogP contribution in [-0.2, 0) is 4.74 Å². The fraction of sp³-hybridized carbons (Fsp3) is 0.200. The number of primary amides is 1. The number of nitrogens with zero attached hydrogens (tertiary/aromatic N) is 1. The smallest absolute Gasteiger partial charge is 0.404 e. The molecule has 3 N–H and O–H groups in total. The van der Waals surface area contributed by atoms with Gasteiger partial charge in [0, 0.05) is 6.54 Å². The van der Waals surface area contributed by atoms with Crippen LogP contribution in [0.2, 0.25) is 0 Å². The van der Waals surface area contributed by atoms with Crippen molar-refractivity contribution in [3.63, 3.8) is 0 Å². The SMILES string of the molecule is N#Cc1ccc(NCCOC(N)=O)c(F)c1. The van der Waals surface area contributed by atoms with Gasteiger partial charge in [0.2, 0.25) is 0 Å². The molecule has 0 unspecified atom stereocenters. The van der Waals surface area contributed by atoms with E-state index in [0.29, 0.717) is 0 Å². The highest BCUT2D eigenvalue weighted by Gasteiger charge is 2.02. The summed E-state index contributed by atoms with van der Waals surface area (Å²) in [4.78, 5) is 10.2. The maximum atomic E-state index is 13.3. The van der Waals surface area contributed by atoms with Crippen LogP contribution >= 0.6 is 0 Å². The Morgan fingerprint density at radius 1 is 1.62 bits per heavy atom. The van der Waals surface area contributed by atoms with Gasteiger partial charge < -0.3 is 15.8 Å². The number of carbonyl (C=O) groups is 1. The lowest BCUT2D eigenvalue weighted by Gasteiger charge is -2.07. The minimum atomic E-state index is -0.873. The molecule has 0 saturated carbocycles. The fourth-order valence-corrected chi connectivity index (χ4v) is 1.07. The van der Waals surface area contributed by atoms with E-state index in [1.807, 2.05) is 6.07 Å². The molecule has 0 atom stereocenters. The normalized spacial score (nSPS) is 9.25. The number of hydrogen-bond donors (Lipinski definition) is 2. The van der Waals surface area contributed by atoms with E-state index < -0.39 is 11.9 Å². The van der Waals surface area contributed by atoms with Crippen molar-refractivity contribution in [3.05, 3.63) is 29.6 Å². The molecular formula is C10H10FN3O2. The number of halogens is 1. The van der Waals surface area contributed by atoms with E-state index >= 15 is 0 Å². The molecule has 84 valence electrons. The molecule has 0 aliphatic heterocycles. The van der Waals surface area contributed by atoms with Crippen LogP contribution in [0, 0.1) is 17.1 Å². The largest absolute Gasteiger partial charge is 0.448 e. The highest BCUT2D eigenvalue weighted by molar-refractivity contribution is 5.64. The summed E-state index contributed by atoms with van der Waals surface area (Å²) < 4.78 is 17.7. The predicted octanol–water partition coefficient (Wildman–Crippen LogP) is 1.20. The van der Waals surface area contributed by atoms with Crippen molar-refractivity contribution >= 4 is 11.8 Å². The van der Waals surface area contributed by atoms with Gasteiger partial charge in [0.05, 0.1) is 17.3 Å². The zero-order valence-electron chi connectivity index (χ0n) is 8.37. The van der Waals surface area contributed by atoms with Gasteiger partial charge in [-0.3, -0.25) is 0 Å². The topological polar surface area (TPSA) is 88.1 Å². The minimum absolute atomic E-state index is 0.0504.